The second-order valence-corrected chi connectivity index (χ2v) is 10.9. The molecule has 8 nitrogen and oxygen atoms in total. The van der Waals surface area contributed by atoms with Crippen LogP contribution in [0, 0.1) is 6.92 Å². The normalized spacial score (nSPS) is 11.9. The molecule has 0 unspecified atom stereocenters. The molecule has 0 saturated heterocycles. The van der Waals surface area contributed by atoms with Gasteiger partial charge in [-0.2, -0.15) is 0 Å². The Kier molecular flexibility index (Phi) is 9.77. The van der Waals surface area contributed by atoms with E-state index in [0.717, 1.165) is 9.87 Å². The number of likely N-dealkylation sites (N-methyl/N-ethyl adjacent to an activating group) is 1. The number of halogens is 1. The minimum Gasteiger partial charge on any atom is -0.495 e. The van der Waals surface area contributed by atoms with Crippen molar-refractivity contribution >= 4 is 39.1 Å². The minimum atomic E-state index is -4.19. The molecule has 0 fully saturated rings. The maximum atomic E-state index is 14.0. The van der Waals surface area contributed by atoms with Gasteiger partial charge in [0.05, 0.1) is 17.7 Å². The Hall–Kier alpha value is -3.56. The van der Waals surface area contributed by atoms with Gasteiger partial charge in [0.25, 0.3) is 10.0 Å². The highest BCUT2D eigenvalue weighted by atomic mass is 35.5. The van der Waals surface area contributed by atoms with Crippen molar-refractivity contribution in [3.05, 3.63) is 88.9 Å². The van der Waals surface area contributed by atoms with Crippen LogP contribution in [0.2, 0.25) is 5.02 Å². The van der Waals surface area contributed by atoms with Crippen LogP contribution in [0.4, 0.5) is 5.69 Å². The van der Waals surface area contributed by atoms with Gasteiger partial charge in [-0.3, -0.25) is 13.9 Å². The van der Waals surface area contributed by atoms with Gasteiger partial charge in [-0.15, -0.1) is 0 Å². The van der Waals surface area contributed by atoms with E-state index in [-0.39, 0.29) is 28.8 Å². The van der Waals surface area contributed by atoms with Crippen molar-refractivity contribution in [3.63, 3.8) is 0 Å². The first-order valence-electron chi connectivity index (χ1n) is 12.1. The molecule has 0 bridgehead atoms. The summed E-state index contributed by atoms with van der Waals surface area (Å²) in [5, 5.41) is 3.03. The second-order valence-electron chi connectivity index (χ2n) is 8.65. The van der Waals surface area contributed by atoms with E-state index < -0.39 is 28.5 Å². The van der Waals surface area contributed by atoms with Gasteiger partial charge in [-0.05, 0) is 49.2 Å². The lowest BCUT2D eigenvalue weighted by Gasteiger charge is -2.33. The molecule has 1 atom stereocenters. The fourth-order valence-corrected chi connectivity index (χ4v) is 5.70. The maximum absolute atomic E-state index is 14.0. The number of para-hydroxylation sites is 2. The first-order chi connectivity index (χ1) is 18.1. The van der Waals surface area contributed by atoms with Crippen LogP contribution in [0.1, 0.15) is 24.5 Å². The summed E-state index contributed by atoms with van der Waals surface area (Å²) < 4.78 is 34.3. The molecule has 38 heavy (non-hydrogen) atoms. The maximum Gasteiger partial charge on any atom is 0.264 e. The van der Waals surface area contributed by atoms with Crippen molar-refractivity contribution in [3.8, 4) is 5.75 Å². The highest BCUT2D eigenvalue weighted by Crippen LogP contribution is 2.33. The van der Waals surface area contributed by atoms with E-state index in [0.29, 0.717) is 17.0 Å². The molecular weight excluding hydrogens is 526 g/mol. The van der Waals surface area contributed by atoms with E-state index in [1.807, 2.05) is 6.92 Å². The van der Waals surface area contributed by atoms with Crippen LogP contribution < -0.4 is 14.4 Å². The van der Waals surface area contributed by atoms with Crippen molar-refractivity contribution < 1.29 is 22.7 Å². The number of ether oxygens (including phenoxy) is 1. The minimum absolute atomic E-state index is 0.0226. The SMILES string of the molecule is CC[C@@H](C(=O)NC)N(Cc1ccccc1Cl)C(=O)CN(c1ccccc1OC)S(=O)(=O)c1ccc(C)cc1. The predicted octanol–water partition coefficient (Wildman–Crippen LogP) is 4.41. The second kappa shape index (κ2) is 12.8. The van der Waals surface area contributed by atoms with Crippen LogP contribution in [0.5, 0.6) is 5.75 Å². The summed E-state index contributed by atoms with van der Waals surface area (Å²) in [6, 6.07) is 19.1. The first-order valence-corrected chi connectivity index (χ1v) is 13.9. The number of amides is 2. The Morgan fingerprint density at radius 2 is 1.63 bits per heavy atom. The molecular formula is C28H32ClN3O5S. The zero-order chi connectivity index (χ0) is 27.9. The Morgan fingerprint density at radius 1 is 1.00 bits per heavy atom. The summed E-state index contributed by atoms with van der Waals surface area (Å²) in [6.45, 7) is 3.10. The molecule has 0 aliphatic heterocycles. The number of hydrogen-bond acceptors (Lipinski definition) is 5. The third-order valence-electron chi connectivity index (χ3n) is 6.17. The van der Waals surface area contributed by atoms with Crippen molar-refractivity contribution in [1.82, 2.24) is 10.2 Å². The Balaban J connectivity index is 2.11. The molecule has 0 spiro atoms. The number of carbonyl (C=O) groups excluding carboxylic acids is 2. The van der Waals surface area contributed by atoms with Gasteiger partial charge in [-0.1, -0.05) is 66.6 Å². The lowest BCUT2D eigenvalue weighted by Crippen LogP contribution is -2.51. The molecule has 2 amide bonds. The summed E-state index contributed by atoms with van der Waals surface area (Å²) in [6.07, 6.45) is 0.315. The smallest absolute Gasteiger partial charge is 0.264 e. The molecule has 0 aromatic heterocycles. The number of nitrogens with zero attached hydrogens (tertiary/aromatic N) is 2. The third-order valence-corrected chi connectivity index (χ3v) is 8.32. The number of carbonyl (C=O) groups is 2. The average Bonchev–Trinajstić information content (AvgIpc) is 2.92. The van der Waals surface area contributed by atoms with E-state index in [4.69, 9.17) is 16.3 Å². The number of hydrogen-bond donors (Lipinski definition) is 1. The predicted molar refractivity (Wildman–Crippen MR) is 149 cm³/mol. The summed E-state index contributed by atoms with van der Waals surface area (Å²) in [7, 11) is -1.27. The molecule has 3 rings (SSSR count). The third kappa shape index (κ3) is 6.46. The lowest BCUT2D eigenvalue weighted by atomic mass is 10.1. The molecule has 3 aromatic rings. The van der Waals surface area contributed by atoms with Crippen LogP contribution in [-0.4, -0.2) is 51.9 Å². The zero-order valence-electron chi connectivity index (χ0n) is 21.8. The number of nitrogens with one attached hydrogen (secondary N) is 1. The average molecular weight is 558 g/mol. The van der Waals surface area contributed by atoms with E-state index in [2.05, 4.69) is 5.32 Å². The number of aryl methyl sites for hydroxylation is 1. The molecule has 3 aromatic carbocycles. The van der Waals surface area contributed by atoms with Crippen LogP contribution in [-0.2, 0) is 26.2 Å². The fourth-order valence-electron chi connectivity index (χ4n) is 4.08. The van der Waals surface area contributed by atoms with E-state index in [1.54, 1.807) is 67.6 Å². The highest BCUT2D eigenvalue weighted by molar-refractivity contribution is 7.92. The largest absolute Gasteiger partial charge is 0.495 e. The summed E-state index contributed by atoms with van der Waals surface area (Å²) in [4.78, 5) is 28.1. The van der Waals surface area contributed by atoms with Gasteiger partial charge in [0, 0.05) is 18.6 Å². The molecule has 0 aliphatic rings. The number of benzene rings is 3. The van der Waals surface area contributed by atoms with E-state index in [1.165, 1.54) is 31.2 Å². The van der Waals surface area contributed by atoms with Gasteiger partial charge in [-0.25, -0.2) is 8.42 Å². The highest BCUT2D eigenvalue weighted by Gasteiger charge is 2.34. The molecule has 0 heterocycles. The summed E-state index contributed by atoms with van der Waals surface area (Å²) in [5.74, 6) is -0.646. The Labute approximate surface area is 229 Å². The Morgan fingerprint density at radius 3 is 2.24 bits per heavy atom. The zero-order valence-corrected chi connectivity index (χ0v) is 23.4. The lowest BCUT2D eigenvalue weighted by molar-refractivity contribution is -0.140. The van der Waals surface area contributed by atoms with Gasteiger partial charge < -0.3 is 15.0 Å². The molecule has 1 N–H and O–H groups in total. The summed E-state index contributed by atoms with van der Waals surface area (Å²) >= 11 is 6.38. The van der Waals surface area contributed by atoms with E-state index in [9.17, 15) is 18.0 Å². The number of rotatable bonds is 11. The molecule has 0 radical (unpaired) electrons. The van der Waals surface area contributed by atoms with Crippen LogP contribution in [0.15, 0.2) is 77.7 Å². The van der Waals surface area contributed by atoms with Gasteiger partial charge in [0.2, 0.25) is 11.8 Å². The van der Waals surface area contributed by atoms with Gasteiger partial charge >= 0.3 is 0 Å². The van der Waals surface area contributed by atoms with Gasteiger partial charge in [0.1, 0.15) is 18.3 Å². The number of methoxy groups -OCH3 is 1. The van der Waals surface area contributed by atoms with Crippen molar-refractivity contribution in [2.75, 3.05) is 25.0 Å². The number of sulfonamides is 1. The Bertz CT molecular complexity index is 1380. The van der Waals surface area contributed by atoms with Crippen molar-refractivity contribution in [2.24, 2.45) is 0 Å². The summed E-state index contributed by atoms with van der Waals surface area (Å²) in [5.41, 5.74) is 1.73. The van der Waals surface area contributed by atoms with Gasteiger partial charge in [0.15, 0.2) is 0 Å². The molecule has 0 saturated carbocycles. The van der Waals surface area contributed by atoms with Crippen LogP contribution in [0.25, 0.3) is 0 Å². The quantitative estimate of drug-likeness (QED) is 0.377. The monoisotopic (exact) mass is 557 g/mol. The standard InChI is InChI=1S/C28H32ClN3O5S/c1-5-24(28(34)30-3)31(18-21-10-6-7-11-23(21)29)27(33)19-32(25-12-8-9-13-26(25)37-4)38(35,36)22-16-14-20(2)15-17-22/h6-17,24H,5,18-19H2,1-4H3,(H,30,34)/t24-/m0/s1. The van der Waals surface area contributed by atoms with Crippen molar-refractivity contribution in [1.29, 1.82) is 0 Å². The molecule has 10 heteroatoms. The van der Waals surface area contributed by atoms with Crippen molar-refractivity contribution in [2.45, 2.75) is 37.8 Å². The molecule has 202 valence electrons. The fraction of sp³-hybridized carbons (Fsp3) is 0.286. The topological polar surface area (TPSA) is 96.0 Å². The molecule has 0 aliphatic carbocycles. The van der Waals surface area contributed by atoms with Crippen LogP contribution >= 0.6 is 11.6 Å². The number of anilines is 1. The van der Waals surface area contributed by atoms with E-state index >= 15 is 0 Å². The first kappa shape index (κ1) is 29.0. The van der Waals surface area contributed by atoms with Crippen LogP contribution in [0.3, 0.4) is 0 Å².